The summed E-state index contributed by atoms with van der Waals surface area (Å²) in [6.45, 7) is 1.64. The highest BCUT2D eigenvalue weighted by Gasteiger charge is 2.26. The van der Waals surface area contributed by atoms with E-state index in [4.69, 9.17) is 17.0 Å². The lowest BCUT2D eigenvalue weighted by molar-refractivity contribution is -0.383. The topological polar surface area (TPSA) is 114 Å². The number of thiocarbonyl (C=S) groups is 1. The third-order valence-corrected chi connectivity index (χ3v) is 5.11. The predicted molar refractivity (Wildman–Crippen MR) is 111 cm³/mol. The summed E-state index contributed by atoms with van der Waals surface area (Å²) >= 11 is 6.28. The SMILES string of the molecule is COC(=O)c1c(NC(=S)Nc2ccccc2[N+](=O)[O-])sc(C(=O)N(C)C)c1C. The van der Waals surface area contributed by atoms with Gasteiger partial charge in [0.05, 0.1) is 22.5 Å². The van der Waals surface area contributed by atoms with Crippen molar-refractivity contribution in [1.29, 1.82) is 0 Å². The molecule has 28 heavy (non-hydrogen) atoms. The van der Waals surface area contributed by atoms with E-state index in [0.29, 0.717) is 15.4 Å². The van der Waals surface area contributed by atoms with E-state index in [0.717, 1.165) is 11.3 Å². The number of rotatable bonds is 5. The molecule has 0 bridgehead atoms. The molecule has 0 aliphatic heterocycles. The van der Waals surface area contributed by atoms with E-state index in [1.165, 1.54) is 30.2 Å². The Balaban J connectivity index is 2.36. The summed E-state index contributed by atoms with van der Waals surface area (Å²) in [5.74, 6) is -0.888. The number of nitrogens with one attached hydrogen (secondary N) is 2. The number of thiophene rings is 1. The Morgan fingerprint density at radius 2 is 1.89 bits per heavy atom. The Hall–Kier alpha value is -3.05. The van der Waals surface area contributed by atoms with Crippen LogP contribution in [-0.4, -0.2) is 48.0 Å². The number of methoxy groups -OCH3 is 1. The highest BCUT2D eigenvalue weighted by Crippen LogP contribution is 2.34. The van der Waals surface area contributed by atoms with Crippen molar-refractivity contribution in [3.8, 4) is 0 Å². The van der Waals surface area contributed by atoms with E-state index < -0.39 is 10.9 Å². The molecule has 9 nitrogen and oxygen atoms in total. The minimum Gasteiger partial charge on any atom is -0.465 e. The smallest absolute Gasteiger partial charge is 0.341 e. The van der Waals surface area contributed by atoms with Gasteiger partial charge in [0.1, 0.15) is 10.7 Å². The molecule has 0 spiro atoms. The zero-order valence-electron chi connectivity index (χ0n) is 15.6. The highest BCUT2D eigenvalue weighted by molar-refractivity contribution is 7.80. The maximum atomic E-state index is 12.4. The number of carbonyl (C=O) groups is 2. The minimum absolute atomic E-state index is 0.0320. The molecule has 148 valence electrons. The van der Waals surface area contributed by atoms with Crippen LogP contribution in [0.5, 0.6) is 0 Å². The van der Waals surface area contributed by atoms with Gasteiger partial charge in [0.2, 0.25) is 0 Å². The molecule has 1 heterocycles. The Morgan fingerprint density at radius 1 is 1.25 bits per heavy atom. The molecule has 0 unspecified atom stereocenters. The minimum atomic E-state index is -0.623. The Kier molecular flexibility index (Phi) is 6.65. The molecule has 1 amide bonds. The number of hydrogen-bond acceptors (Lipinski definition) is 7. The van der Waals surface area contributed by atoms with Crippen LogP contribution in [0.25, 0.3) is 0 Å². The normalized spacial score (nSPS) is 10.1. The van der Waals surface area contributed by atoms with Gasteiger partial charge < -0.3 is 20.3 Å². The Morgan fingerprint density at radius 3 is 2.46 bits per heavy atom. The first kappa shape index (κ1) is 21.3. The third-order valence-electron chi connectivity index (χ3n) is 3.71. The lowest BCUT2D eigenvalue weighted by atomic mass is 10.1. The van der Waals surface area contributed by atoms with Gasteiger partial charge in [-0.25, -0.2) is 4.79 Å². The van der Waals surface area contributed by atoms with Crippen molar-refractivity contribution >= 4 is 56.9 Å². The molecule has 0 aliphatic rings. The average Bonchev–Trinajstić information content (AvgIpc) is 2.96. The van der Waals surface area contributed by atoms with Gasteiger partial charge >= 0.3 is 5.97 Å². The molecule has 1 aromatic heterocycles. The van der Waals surface area contributed by atoms with Crippen LogP contribution < -0.4 is 10.6 Å². The molecule has 0 aliphatic carbocycles. The molecule has 0 fully saturated rings. The van der Waals surface area contributed by atoms with Crippen LogP contribution >= 0.6 is 23.6 Å². The van der Waals surface area contributed by atoms with Crippen molar-refractivity contribution in [3.63, 3.8) is 0 Å². The largest absolute Gasteiger partial charge is 0.465 e. The second-order valence-corrected chi connectivity index (χ2v) is 7.23. The van der Waals surface area contributed by atoms with Gasteiger partial charge in [-0.05, 0) is 30.8 Å². The lowest BCUT2D eigenvalue weighted by Gasteiger charge is -2.10. The van der Waals surface area contributed by atoms with Crippen molar-refractivity contribution < 1.29 is 19.2 Å². The number of nitrogens with zero attached hydrogens (tertiary/aromatic N) is 2. The van der Waals surface area contributed by atoms with Crippen LogP contribution in [0.2, 0.25) is 0 Å². The van der Waals surface area contributed by atoms with E-state index in [-0.39, 0.29) is 28.0 Å². The molecule has 0 saturated carbocycles. The van der Waals surface area contributed by atoms with Gasteiger partial charge in [-0.1, -0.05) is 12.1 Å². The molecule has 0 saturated heterocycles. The van der Waals surface area contributed by atoms with Crippen molar-refractivity contribution in [2.24, 2.45) is 0 Å². The second kappa shape index (κ2) is 8.76. The first-order valence-electron chi connectivity index (χ1n) is 7.92. The quantitative estimate of drug-likeness (QED) is 0.327. The number of nitro benzene ring substituents is 1. The lowest BCUT2D eigenvalue weighted by Crippen LogP contribution is -2.21. The number of esters is 1. The standard InChI is InChI=1S/C17H18N4O5S2/c1-9-12(16(23)26-4)14(28-13(9)15(22)20(2)3)19-17(27)18-10-7-5-6-8-11(10)21(24)25/h5-8H,1-4H3,(H2,18,19,27). The molecule has 2 N–H and O–H groups in total. The number of amides is 1. The van der Waals surface area contributed by atoms with Gasteiger partial charge in [-0.2, -0.15) is 0 Å². The molecule has 2 rings (SSSR count). The van der Waals surface area contributed by atoms with E-state index in [9.17, 15) is 19.7 Å². The second-order valence-electron chi connectivity index (χ2n) is 5.80. The summed E-state index contributed by atoms with van der Waals surface area (Å²) in [5, 5.41) is 17.1. The summed E-state index contributed by atoms with van der Waals surface area (Å²) in [5.41, 5.74) is 0.698. The molecule has 0 radical (unpaired) electrons. The van der Waals surface area contributed by atoms with Crippen molar-refractivity contribution in [2.45, 2.75) is 6.92 Å². The fraction of sp³-hybridized carbons (Fsp3) is 0.235. The summed E-state index contributed by atoms with van der Waals surface area (Å²) in [4.78, 5) is 36.9. The first-order chi connectivity index (χ1) is 13.2. The van der Waals surface area contributed by atoms with E-state index in [1.807, 2.05) is 0 Å². The zero-order chi connectivity index (χ0) is 21.0. The Labute approximate surface area is 170 Å². The van der Waals surface area contributed by atoms with E-state index in [1.54, 1.807) is 27.1 Å². The van der Waals surface area contributed by atoms with Gasteiger partial charge in [-0.3, -0.25) is 14.9 Å². The molecular weight excluding hydrogens is 404 g/mol. The Bertz CT molecular complexity index is 955. The maximum Gasteiger partial charge on any atom is 0.341 e. The van der Waals surface area contributed by atoms with E-state index in [2.05, 4.69) is 10.6 Å². The molecule has 0 atom stereocenters. The van der Waals surface area contributed by atoms with Gasteiger partial charge in [0, 0.05) is 20.2 Å². The van der Waals surface area contributed by atoms with Gasteiger partial charge in [0.25, 0.3) is 11.6 Å². The van der Waals surface area contributed by atoms with Crippen LogP contribution in [0.3, 0.4) is 0 Å². The summed E-state index contributed by atoms with van der Waals surface area (Å²) in [7, 11) is 4.45. The fourth-order valence-corrected chi connectivity index (χ4v) is 3.85. The van der Waals surface area contributed by atoms with Crippen LogP contribution in [0.4, 0.5) is 16.4 Å². The van der Waals surface area contributed by atoms with Crippen molar-refractivity contribution in [1.82, 2.24) is 4.90 Å². The zero-order valence-corrected chi connectivity index (χ0v) is 17.2. The van der Waals surface area contributed by atoms with E-state index >= 15 is 0 Å². The number of anilines is 2. The summed E-state index contributed by atoms with van der Waals surface area (Å²) in [6.07, 6.45) is 0. The molecule has 11 heteroatoms. The van der Waals surface area contributed by atoms with Gasteiger partial charge in [0.15, 0.2) is 5.11 Å². The number of ether oxygens (including phenoxy) is 1. The van der Waals surface area contributed by atoms with Crippen LogP contribution in [0, 0.1) is 17.0 Å². The monoisotopic (exact) mass is 422 g/mol. The van der Waals surface area contributed by atoms with Crippen LogP contribution in [0.1, 0.15) is 25.6 Å². The summed E-state index contributed by atoms with van der Waals surface area (Å²) in [6, 6.07) is 6.01. The predicted octanol–water partition coefficient (Wildman–Crippen LogP) is 3.26. The van der Waals surface area contributed by atoms with Crippen molar-refractivity contribution in [2.75, 3.05) is 31.8 Å². The third kappa shape index (κ3) is 4.43. The van der Waals surface area contributed by atoms with Gasteiger partial charge in [-0.15, -0.1) is 11.3 Å². The number of benzene rings is 1. The fourth-order valence-electron chi connectivity index (χ4n) is 2.35. The van der Waals surface area contributed by atoms with Crippen LogP contribution in [-0.2, 0) is 4.74 Å². The van der Waals surface area contributed by atoms with Crippen LogP contribution in [0.15, 0.2) is 24.3 Å². The maximum absolute atomic E-state index is 12.4. The number of hydrogen-bond donors (Lipinski definition) is 2. The average molecular weight is 422 g/mol. The van der Waals surface area contributed by atoms with Crippen molar-refractivity contribution in [3.05, 3.63) is 50.4 Å². The number of nitro groups is 1. The molecular formula is C17H18N4O5S2. The summed E-state index contributed by atoms with van der Waals surface area (Å²) < 4.78 is 4.81. The highest BCUT2D eigenvalue weighted by atomic mass is 32.1. The molecule has 2 aromatic rings. The molecule has 1 aromatic carbocycles. The number of carbonyl (C=O) groups excluding carboxylic acids is 2. The first-order valence-corrected chi connectivity index (χ1v) is 9.14. The number of para-hydroxylation sites is 2.